The molecule has 0 aliphatic heterocycles. The van der Waals surface area contributed by atoms with E-state index in [4.69, 9.17) is 4.74 Å². The van der Waals surface area contributed by atoms with Crippen LogP contribution >= 0.6 is 0 Å². The number of aromatic nitrogens is 3. The molecule has 12 heavy (non-hydrogen) atoms. The van der Waals surface area contributed by atoms with Gasteiger partial charge in [0.05, 0.1) is 12.6 Å². The molecule has 2 rings (SSSR count). The van der Waals surface area contributed by atoms with Crippen molar-refractivity contribution in [2.75, 3.05) is 7.11 Å². The van der Waals surface area contributed by atoms with Gasteiger partial charge in [0, 0.05) is 6.20 Å². The number of pyridine rings is 1. The van der Waals surface area contributed by atoms with E-state index in [0.29, 0.717) is 11.7 Å². The zero-order valence-corrected chi connectivity index (χ0v) is 6.03. The van der Waals surface area contributed by atoms with Gasteiger partial charge in [0.2, 0.25) is 0 Å². The van der Waals surface area contributed by atoms with Crippen LogP contribution in [-0.2, 0) is 0 Å². The predicted molar refractivity (Wildman–Crippen MR) is 49.0 cm³/mol. The van der Waals surface area contributed by atoms with Gasteiger partial charge in [0.25, 0.3) is 6.01 Å². The van der Waals surface area contributed by atoms with Gasteiger partial charge < -0.3 is 9.72 Å². The van der Waals surface area contributed by atoms with E-state index in [1.54, 1.807) is 13.3 Å². The minimum atomic E-state index is 0. The molecule has 0 bridgehead atoms. The van der Waals surface area contributed by atoms with E-state index in [9.17, 15) is 0 Å². The third kappa shape index (κ3) is 1.71. The van der Waals surface area contributed by atoms with Crippen LogP contribution in [0, 0.1) is 0 Å². The number of hydrogen-bond donors (Lipinski definition) is 1. The van der Waals surface area contributed by atoms with Crippen LogP contribution in [0.1, 0.15) is 0 Å². The maximum absolute atomic E-state index is 4.89. The molecule has 0 saturated carbocycles. The second kappa shape index (κ2) is 4.07. The monoisotopic (exact) mass is 191 g/mol. The Morgan fingerprint density at radius 3 is 3.00 bits per heavy atom. The molecular formula is C7H9CaN3O. The van der Waals surface area contributed by atoms with Crippen LogP contribution in [0.3, 0.4) is 0 Å². The summed E-state index contributed by atoms with van der Waals surface area (Å²) < 4.78 is 4.89. The van der Waals surface area contributed by atoms with E-state index in [0.717, 1.165) is 5.52 Å². The van der Waals surface area contributed by atoms with Crippen molar-refractivity contribution in [2.24, 2.45) is 0 Å². The molecule has 0 aliphatic rings. The molecule has 5 heteroatoms. The number of fused-ring (bicyclic) bond motifs is 1. The van der Waals surface area contributed by atoms with E-state index in [2.05, 4.69) is 15.0 Å². The van der Waals surface area contributed by atoms with E-state index in [1.165, 1.54) is 0 Å². The molecule has 0 radical (unpaired) electrons. The van der Waals surface area contributed by atoms with Gasteiger partial charge in [0.15, 0.2) is 5.65 Å². The number of ether oxygens (including phenoxy) is 1. The third-order valence-corrected chi connectivity index (χ3v) is 1.43. The Labute approximate surface area is 99.4 Å². The Kier molecular flexibility index (Phi) is 3.31. The van der Waals surface area contributed by atoms with Gasteiger partial charge in [0.1, 0.15) is 0 Å². The SMILES string of the molecule is COc1nc2ncccc2[nH]1.[CaH2]. The molecule has 0 unspecified atom stereocenters. The number of nitrogens with zero attached hydrogens (tertiary/aromatic N) is 2. The van der Waals surface area contributed by atoms with E-state index in [-0.39, 0.29) is 37.7 Å². The van der Waals surface area contributed by atoms with Crippen LogP contribution in [0.25, 0.3) is 11.2 Å². The van der Waals surface area contributed by atoms with Crippen LogP contribution < -0.4 is 4.74 Å². The number of H-pyrrole nitrogens is 1. The van der Waals surface area contributed by atoms with Crippen LogP contribution in [0.2, 0.25) is 0 Å². The van der Waals surface area contributed by atoms with Crippen molar-refractivity contribution in [3.8, 4) is 6.01 Å². The topological polar surface area (TPSA) is 50.8 Å². The fourth-order valence-electron chi connectivity index (χ4n) is 0.920. The van der Waals surface area contributed by atoms with Crippen LogP contribution in [0.4, 0.5) is 0 Å². The molecule has 0 spiro atoms. The molecule has 2 aromatic heterocycles. The average molecular weight is 191 g/mol. The fraction of sp³-hybridized carbons (Fsp3) is 0.143. The van der Waals surface area contributed by atoms with Crippen LogP contribution in [-0.4, -0.2) is 59.8 Å². The Morgan fingerprint density at radius 2 is 2.33 bits per heavy atom. The van der Waals surface area contributed by atoms with Gasteiger partial charge in [-0.15, -0.1) is 0 Å². The fourth-order valence-corrected chi connectivity index (χ4v) is 0.920. The maximum atomic E-state index is 4.89. The summed E-state index contributed by atoms with van der Waals surface area (Å²) in [5, 5.41) is 0. The first kappa shape index (κ1) is 9.77. The van der Waals surface area contributed by atoms with Gasteiger partial charge in [-0.3, -0.25) is 0 Å². The summed E-state index contributed by atoms with van der Waals surface area (Å²) in [6.07, 6.45) is 1.70. The molecule has 0 amide bonds. The van der Waals surface area contributed by atoms with E-state index in [1.807, 2.05) is 12.1 Å². The first-order valence-electron chi connectivity index (χ1n) is 3.25. The number of hydrogen-bond acceptors (Lipinski definition) is 3. The van der Waals surface area contributed by atoms with Gasteiger partial charge in [-0.05, 0) is 12.1 Å². The zero-order valence-electron chi connectivity index (χ0n) is 6.03. The number of nitrogens with one attached hydrogen (secondary N) is 1. The number of methoxy groups -OCH3 is 1. The summed E-state index contributed by atoms with van der Waals surface area (Å²) in [4.78, 5) is 11.0. The molecule has 4 nitrogen and oxygen atoms in total. The molecular weight excluding hydrogens is 182 g/mol. The summed E-state index contributed by atoms with van der Waals surface area (Å²) in [6.45, 7) is 0. The molecule has 0 aromatic carbocycles. The summed E-state index contributed by atoms with van der Waals surface area (Å²) >= 11 is 0. The molecule has 0 aliphatic carbocycles. The molecule has 0 saturated heterocycles. The normalized spacial score (nSPS) is 9.42. The third-order valence-electron chi connectivity index (χ3n) is 1.43. The molecule has 2 heterocycles. The Bertz CT molecular complexity index is 340. The Morgan fingerprint density at radius 1 is 1.50 bits per heavy atom. The molecule has 1 N–H and O–H groups in total. The quantitative estimate of drug-likeness (QED) is 0.648. The van der Waals surface area contributed by atoms with Crippen molar-refractivity contribution >= 4 is 48.9 Å². The molecule has 2 aromatic rings. The van der Waals surface area contributed by atoms with E-state index >= 15 is 0 Å². The van der Waals surface area contributed by atoms with Crippen molar-refractivity contribution in [1.82, 2.24) is 15.0 Å². The summed E-state index contributed by atoms with van der Waals surface area (Å²) in [7, 11) is 1.57. The first-order valence-corrected chi connectivity index (χ1v) is 3.25. The number of aromatic amines is 1. The van der Waals surface area contributed by atoms with Crippen LogP contribution in [0.15, 0.2) is 18.3 Å². The average Bonchev–Trinajstić information content (AvgIpc) is 2.46. The van der Waals surface area contributed by atoms with Crippen molar-refractivity contribution in [2.45, 2.75) is 0 Å². The number of imidazole rings is 1. The van der Waals surface area contributed by atoms with Gasteiger partial charge >= 0.3 is 37.7 Å². The standard InChI is InChI=1S/C7H7N3O.Ca.2H/c1-11-7-9-5-3-2-4-8-6(5)10-7;;;/h2-4H,1H3,(H,8,9,10);;;. The summed E-state index contributed by atoms with van der Waals surface area (Å²) in [6, 6.07) is 4.25. The first-order chi connectivity index (χ1) is 5.40. The second-order valence-corrected chi connectivity index (χ2v) is 2.12. The van der Waals surface area contributed by atoms with Gasteiger partial charge in [-0.25, -0.2) is 4.98 Å². The van der Waals surface area contributed by atoms with Crippen LogP contribution in [0.5, 0.6) is 6.01 Å². The predicted octanol–water partition coefficient (Wildman–Crippen LogP) is 0.0503. The van der Waals surface area contributed by atoms with Crippen molar-refractivity contribution in [1.29, 1.82) is 0 Å². The second-order valence-electron chi connectivity index (χ2n) is 2.12. The van der Waals surface area contributed by atoms with Crippen molar-refractivity contribution in [3.05, 3.63) is 18.3 Å². The molecule has 0 fully saturated rings. The van der Waals surface area contributed by atoms with Gasteiger partial charge in [-0.2, -0.15) is 4.98 Å². The summed E-state index contributed by atoms with van der Waals surface area (Å²) in [5.41, 5.74) is 1.58. The van der Waals surface area contributed by atoms with Gasteiger partial charge in [-0.1, -0.05) is 0 Å². The Balaban J connectivity index is 0.000000720. The summed E-state index contributed by atoms with van der Waals surface area (Å²) in [5.74, 6) is 0. The van der Waals surface area contributed by atoms with E-state index < -0.39 is 0 Å². The minimum absolute atomic E-state index is 0. The molecule has 60 valence electrons. The number of rotatable bonds is 1. The Hall–Kier alpha value is -0.320. The van der Waals surface area contributed by atoms with Crippen molar-refractivity contribution < 1.29 is 4.74 Å². The van der Waals surface area contributed by atoms with Crippen molar-refractivity contribution in [3.63, 3.8) is 0 Å². The molecule has 0 atom stereocenters. The zero-order chi connectivity index (χ0) is 7.68.